The Balaban J connectivity index is 1.71. The Kier molecular flexibility index (Phi) is 9.51. The molecule has 0 saturated heterocycles. The number of hydrogen-bond donors (Lipinski definition) is 0. The number of benzene rings is 2. The molecule has 0 radical (unpaired) electrons. The van der Waals surface area contributed by atoms with Crippen molar-refractivity contribution in [3.8, 4) is 5.75 Å². The van der Waals surface area contributed by atoms with Crippen LogP contribution in [0.15, 0.2) is 47.3 Å². The maximum Gasteiger partial charge on any atom is 0.199 e. The monoisotopic (exact) mass is 454 g/mol. The number of fused-ring (bicyclic) bond motifs is 2. The van der Waals surface area contributed by atoms with Gasteiger partial charge in [-0.25, -0.2) is 0 Å². The quantitative estimate of drug-likeness (QED) is 0.239. The standard InChI is InChI=1S/C27H38N2O2S/c1-28(2)18-9-7-12-21(13-8-10-19-29(3)4)20-31-23-15-11-17-25-26(23)27(30)22-14-5-6-16-24(22)32-25/h5-6,11,14-17,21H,7-10,12-13,18-20H2,1-4H3. The number of hydrogen-bond acceptors (Lipinski definition) is 5. The van der Waals surface area contributed by atoms with Crippen molar-refractivity contribution in [2.75, 3.05) is 47.9 Å². The molecule has 0 amide bonds. The summed E-state index contributed by atoms with van der Waals surface area (Å²) < 4.78 is 8.38. The van der Waals surface area contributed by atoms with Crippen LogP contribution in [0.4, 0.5) is 0 Å². The smallest absolute Gasteiger partial charge is 0.199 e. The first kappa shape index (κ1) is 24.7. The Labute approximate surface area is 196 Å². The van der Waals surface area contributed by atoms with E-state index in [4.69, 9.17) is 4.74 Å². The molecule has 3 rings (SSSR count). The van der Waals surface area contributed by atoms with E-state index in [2.05, 4.69) is 38.0 Å². The fourth-order valence-electron chi connectivity index (χ4n) is 4.18. The van der Waals surface area contributed by atoms with Crippen LogP contribution in [0.3, 0.4) is 0 Å². The molecule has 0 unspecified atom stereocenters. The van der Waals surface area contributed by atoms with Gasteiger partial charge in [-0.3, -0.25) is 4.79 Å². The SMILES string of the molecule is CN(C)CCCCC(CCCCN(C)C)COc1cccc2sc3ccccc3c(=O)c12. The molecule has 1 heterocycles. The molecule has 0 aliphatic heterocycles. The third-order valence-corrected chi connectivity index (χ3v) is 7.11. The Hall–Kier alpha value is -1.95. The molecule has 0 fully saturated rings. The normalized spacial score (nSPS) is 12.0. The molecule has 0 saturated carbocycles. The van der Waals surface area contributed by atoms with Crippen LogP contribution in [0, 0.1) is 5.92 Å². The van der Waals surface area contributed by atoms with E-state index < -0.39 is 0 Å². The Morgan fingerprint density at radius 2 is 1.44 bits per heavy atom. The second kappa shape index (κ2) is 12.3. The maximum absolute atomic E-state index is 13.2. The van der Waals surface area contributed by atoms with Crippen molar-refractivity contribution < 1.29 is 4.74 Å². The summed E-state index contributed by atoms with van der Waals surface area (Å²) in [6.07, 6.45) is 7.22. The average Bonchev–Trinajstić information content (AvgIpc) is 2.77. The molecule has 0 spiro atoms. The lowest BCUT2D eigenvalue weighted by molar-refractivity contribution is 0.223. The van der Waals surface area contributed by atoms with E-state index in [1.54, 1.807) is 11.3 Å². The van der Waals surface area contributed by atoms with E-state index in [0.29, 0.717) is 12.5 Å². The highest BCUT2D eigenvalue weighted by Gasteiger charge is 2.14. The van der Waals surface area contributed by atoms with Gasteiger partial charge in [0, 0.05) is 14.8 Å². The van der Waals surface area contributed by atoms with Crippen LogP contribution in [0.1, 0.15) is 38.5 Å². The molecular weight excluding hydrogens is 416 g/mol. The Morgan fingerprint density at radius 3 is 2.09 bits per heavy atom. The van der Waals surface area contributed by atoms with Gasteiger partial charge in [0.05, 0.1) is 12.0 Å². The zero-order chi connectivity index (χ0) is 22.9. The van der Waals surface area contributed by atoms with Crippen LogP contribution >= 0.6 is 11.3 Å². The summed E-state index contributed by atoms with van der Waals surface area (Å²) in [5.41, 5.74) is 0.0819. The van der Waals surface area contributed by atoms with Gasteiger partial charge in [-0.15, -0.1) is 11.3 Å². The van der Waals surface area contributed by atoms with Crippen molar-refractivity contribution in [2.45, 2.75) is 38.5 Å². The molecule has 2 aromatic carbocycles. The minimum atomic E-state index is 0.0819. The van der Waals surface area contributed by atoms with Gasteiger partial charge >= 0.3 is 0 Å². The summed E-state index contributed by atoms with van der Waals surface area (Å²) in [5.74, 6) is 1.26. The van der Waals surface area contributed by atoms with E-state index in [9.17, 15) is 4.79 Å². The lowest BCUT2D eigenvalue weighted by Gasteiger charge is -2.19. The maximum atomic E-state index is 13.2. The van der Waals surface area contributed by atoms with Gasteiger partial charge in [-0.2, -0.15) is 0 Å². The summed E-state index contributed by atoms with van der Waals surface area (Å²) in [5, 5.41) is 1.51. The summed E-state index contributed by atoms with van der Waals surface area (Å²) in [7, 11) is 8.53. The number of ether oxygens (including phenoxy) is 1. The molecule has 0 bridgehead atoms. The first-order valence-corrected chi connectivity index (χ1v) is 12.6. The third-order valence-electron chi connectivity index (χ3n) is 5.98. The second-order valence-electron chi connectivity index (χ2n) is 9.33. The van der Waals surface area contributed by atoms with Gasteiger partial charge in [0.25, 0.3) is 0 Å². The summed E-state index contributed by atoms with van der Waals surface area (Å²) in [4.78, 5) is 17.7. The predicted molar refractivity (Wildman–Crippen MR) is 139 cm³/mol. The van der Waals surface area contributed by atoms with Gasteiger partial charge in [0.1, 0.15) is 5.75 Å². The van der Waals surface area contributed by atoms with Crippen molar-refractivity contribution >= 4 is 31.5 Å². The number of unbranched alkanes of at least 4 members (excludes halogenated alkanes) is 2. The molecule has 32 heavy (non-hydrogen) atoms. The van der Waals surface area contributed by atoms with Crippen LogP contribution in [-0.4, -0.2) is 57.7 Å². The Morgan fingerprint density at radius 1 is 0.812 bits per heavy atom. The topological polar surface area (TPSA) is 32.8 Å². The van der Waals surface area contributed by atoms with Crippen molar-refractivity contribution in [1.29, 1.82) is 0 Å². The van der Waals surface area contributed by atoms with Gasteiger partial charge in [0.2, 0.25) is 0 Å². The van der Waals surface area contributed by atoms with Gasteiger partial charge < -0.3 is 14.5 Å². The van der Waals surface area contributed by atoms with Crippen LogP contribution in [0.25, 0.3) is 20.2 Å². The molecule has 0 N–H and O–H groups in total. The number of rotatable bonds is 13. The fourth-order valence-corrected chi connectivity index (χ4v) is 5.27. The van der Waals surface area contributed by atoms with E-state index in [-0.39, 0.29) is 5.43 Å². The van der Waals surface area contributed by atoms with E-state index in [1.165, 1.54) is 38.5 Å². The Bertz CT molecular complexity index is 1030. The van der Waals surface area contributed by atoms with Crippen molar-refractivity contribution in [3.63, 3.8) is 0 Å². The minimum Gasteiger partial charge on any atom is -0.492 e. The highest BCUT2D eigenvalue weighted by atomic mass is 32.1. The molecule has 0 aliphatic carbocycles. The highest BCUT2D eigenvalue weighted by Crippen LogP contribution is 2.31. The van der Waals surface area contributed by atoms with E-state index in [1.807, 2.05) is 42.5 Å². The average molecular weight is 455 g/mol. The molecule has 174 valence electrons. The van der Waals surface area contributed by atoms with Gasteiger partial charge in [0.15, 0.2) is 5.43 Å². The first-order chi connectivity index (χ1) is 15.5. The lowest BCUT2D eigenvalue weighted by atomic mass is 9.96. The molecule has 0 atom stereocenters. The van der Waals surface area contributed by atoms with Crippen molar-refractivity contribution in [1.82, 2.24) is 9.80 Å². The predicted octanol–water partition coefficient (Wildman–Crippen LogP) is 5.87. The van der Waals surface area contributed by atoms with Crippen molar-refractivity contribution in [3.05, 3.63) is 52.7 Å². The zero-order valence-electron chi connectivity index (χ0n) is 20.1. The third kappa shape index (κ3) is 7.03. The van der Waals surface area contributed by atoms with E-state index in [0.717, 1.165) is 39.0 Å². The first-order valence-electron chi connectivity index (χ1n) is 11.8. The molecule has 0 aliphatic rings. The molecule has 1 aromatic heterocycles. The minimum absolute atomic E-state index is 0.0819. The lowest BCUT2D eigenvalue weighted by Crippen LogP contribution is -2.17. The number of nitrogens with zero attached hydrogens (tertiary/aromatic N) is 2. The zero-order valence-corrected chi connectivity index (χ0v) is 20.9. The fraction of sp³-hybridized carbons (Fsp3) is 0.519. The highest BCUT2D eigenvalue weighted by molar-refractivity contribution is 7.24. The van der Waals surface area contributed by atoms with Crippen LogP contribution < -0.4 is 10.2 Å². The van der Waals surface area contributed by atoms with E-state index >= 15 is 0 Å². The van der Waals surface area contributed by atoms with Gasteiger partial charge in [-0.1, -0.05) is 31.0 Å². The van der Waals surface area contributed by atoms with Crippen LogP contribution in [0.5, 0.6) is 5.75 Å². The molecule has 4 nitrogen and oxygen atoms in total. The summed E-state index contributed by atoms with van der Waals surface area (Å²) >= 11 is 1.66. The largest absolute Gasteiger partial charge is 0.492 e. The van der Waals surface area contributed by atoms with Gasteiger partial charge in [-0.05, 0) is 97.1 Å². The second-order valence-corrected chi connectivity index (χ2v) is 10.4. The summed E-state index contributed by atoms with van der Waals surface area (Å²) in [6.45, 7) is 2.94. The molecule has 5 heteroatoms. The summed E-state index contributed by atoms with van der Waals surface area (Å²) in [6, 6.07) is 13.9. The molecular formula is C27H38N2O2S. The van der Waals surface area contributed by atoms with Crippen LogP contribution in [0.2, 0.25) is 0 Å². The van der Waals surface area contributed by atoms with Crippen LogP contribution in [-0.2, 0) is 0 Å². The molecule has 3 aromatic rings. The van der Waals surface area contributed by atoms with Crippen molar-refractivity contribution in [2.24, 2.45) is 5.92 Å².